The summed E-state index contributed by atoms with van der Waals surface area (Å²) in [5.41, 5.74) is 0.914. The monoisotopic (exact) mass is 357 g/mol. The van der Waals surface area contributed by atoms with Crippen LogP contribution in [-0.4, -0.2) is 24.8 Å². The van der Waals surface area contributed by atoms with Crippen LogP contribution < -0.4 is 5.32 Å². The number of alkyl halides is 3. The number of nitrogens with one attached hydrogen (secondary N) is 1. The molecule has 0 fully saturated rings. The first kappa shape index (κ1) is 18.3. The van der Waals surface area contributed by atoms with Gasteiger partial charge >= 0.3 is 6.18 Å². The Hall–Kier alpha value is -2.05. The van der Waals surface area contributed by atoms with E-state index in [0.29, 0.717) is 16.3 Å². The Morgan fingerprint density at radius 3 is 2.29 bits per heavy atom. The quantitative estimate of drug-likeness (QED) is 0.828. The second-order valence-corrected chi connectivity index (χ2v) is 5.52. The van der Waals surface area contributed by atoms with E-state index in [0.717, 1.165) is 0 Å². The fourth-order valence-electron chi connectivity index (χ4n) is 2.00. The van der Waals surface area contributed by atoms with E-state index in [2.05, 4.69) is 5.32 Å². The molecule has 128 valence electrons. The third-order valence-corrected chi connectivity index (χ3v) is 3.42. The lowest BCUT2D eigenvalue weighted by Gasteiger charge is -2.20. The standard InChI is InChI=1S/C17H15ClF3NO2/c18-13-6-8-14(9-7-13)22-16(23)11-24-15(17(19,20)21)10-12-4-2-1-3-5-12/h1-9,15H,10-11H2,(H,22,23). The molecule has 2 aromatic carbocycles. The van der Waals surface area contributed by atoms with Crippen molar-refractivity contribution < 1.29 is 22.7 Å². The summed E-state index contributed by atoms with van der Waals surface area (Å²) in [5.74, 6) is -0.667. The molecule has 1 atom stereocenters. The van der Waals surface area contributed by atoms with Crippen LogP contribution in [0.1, 0.15) is 5.56 Å². The fraction of sp³-hybridized carbons (Fsp3) is 0.235. The van der Waals surface area contributed by atoms with Crippen molar-refractivity contribution in [1.82, 2.24) is 0 Å². The van der Waals surface area contributed by atoms with E-state index in [9.17, 15) is 18.0 Å². The molecule has 1 amide bonds. The molecule has 2 aromatic rings. The van der Waals surface area contributed by atoms with Gasteiger partial charge in [0.1, 0.15) is 6.61 Å². The molecule has 2 rings (SSSR count). The highest BCUT2D eigenvalue weighted by molar-refractivity contribution is 6.30. The van der Waals surface area contributed by atoms with Crippen LogP contribution >= 0.6 is 11.6 Å². The lowest BCUT2D eigenvalue weighted by atomic mass is 10.1. The number of hydrogen-bond acceptors (Lipinski definition) is 2. The number of anilines is 1. The molecule has 0 aliphatic rings. The predicted molar refractivity (Wildman–Crippen MR) is 86.0 cm³/mol. The minimum Gasteiger partial charge on any atom is -0.359 e. The van der Waals surface area contributed by atoms with E-state index in [1.165, 1.54) is 0 Å². The molecule has 0 saturated heterocycles. The third-order valence-electron chi connectivity index (χ3n) is 3.17. The van der Waals surface area contributed by atoms with Crippen molar-refractivity contribution in [2.45, 2.75) is 18.7 Å². The summed E-state index contributed by atoms with van der Waals surface area (Å²) in [6, 6.07) is 14.4. The van der Waals surface area contributed by atoms with Crippen LogP contribution in [0.3, 0.4) is 0 Å². The van der Waals surface area contributed by atoms with Crippen molar-refractivity contribution in [2.75, 3.05) is 11.9 Å². The van der Waals surface area contributed by atoms with Gasteiger partial charge < -0.3 is 10.1 Å². The minimum absolute atomic E-state index is 0.349. The van der Waals surface area contributed by atoms with Gasteiger partial charge in [-0.3, -0.25) is 4.79 Å². The fourth-order valence-corrected chi connectivity index (χ4v) is 2.13. The van der Waals surface area contributed by atoms with E-state index in [1.54, 1.807) is 54.6 Å². The molecule has 1 N–H and O–H groups in total. The van der Waals surface area contributed by atoms with Crippen molar-refractivity contribution in [3.05, 3.63) is 65.2 Å². The molecule has 7 heteroatoms. The van der Waals surface area contributed by atoms with Crippen LogP contribution in [0.15, 0.2) is 54.6 Å². The average molecular weight is 358 g/mol. The van der Waals surface area contributed by atoms with Crippen LogP contribution in [0, 0.1) is 0 Å². The zero-order valence-electron chi connectivity index (χ0n) is 12.5. The van der Waals surface area contributed by atoms with Gasteiger partial charge in [-0.05, 0) is 29.8 Å². The molecular formula is C17H15ClF3NO2. The molecule has 0 aliphatic carbocycles. The lowest BCUT2D eigenvalue weighted by molar-refractivity contribution is -0.218. The number of halogens is 4. The number of hydrogen-bond donors (Lipinski definition) is 1. The van der Waals surface area contributed by atoms with E-state index < -0.39 is 24.8 Å². The number of rotatable bonds is 6. The number of ether oxygens (including phenoxy) is 1. The Morgan fingerprint density at radius 2 is 1.71 bits per heavy atom. The van der Waals surface area contributed by atoms with Crippen LogP contribution in [0.2, 0.25) is 5.02 Å². The van der Waals surface area contributed by atoms with Gasteiger partial charge in [0.15, 0.2) is 6.10 Å². The number of amides is 1. The molecule has 0 radical (unpaired) electrons. The SMILES string of the molecule is O=C(COC(Cc1ccccc1)C(F)(F)F)Nc1ccc(Cl)cc1. The maximum atomic E-state index is 13.1. The maximum Gasteiger partial charge on any atom is 0.414 e. The zero-order chi connectivity index (χ0) is 17.6. The normalized spacial score (nSPS) is 12.7. The molecule has 0 heterocycles. The van der Waals surface area contributed by atoms with E-state index in [1.807, 2.05) is 0 Å². The second kappa shape index (κ2) is 8.17. The van der Waals surface area contributed by atoms with E-state index >= 15 is 0 Å². The van der Waals surface area contributed by atoms with Crippen LogP contribution in [-0.2, 0) is 16.0 Å². The molecular weight excluding hydrogens is 343 g/mol. The van der Waals surface area contributed by atoms with Gasteiger partial charge in [0.25, 0.3) is 0 Å². The molecule has 0 bridgehead atoms. The first-order valence-electron chi connectivity index (χ1n) is 7.12. The molecule has 0 saturated carbocycles. The molecule has 24 heavy (non-hydrogen) atoms. The lowest BCUT2D eigenvalue weighted by Crippen LogP contribution is -2.36. The van der Waals surface area contributed by atoms with Gasteiger partial charge in [-0.15, -0.1) is 0 Å². The minimum atomic E-state index is -4.56. The summed E-state index contributed by atoms with van der Waals surface area (Å²) in [6.45, 7) is -0.695. The maximum absolute atomic E-state index is 13.1. The van der Waals surface area contributed by atoms with Gasteiger partial charge in [0, 0.05) is 17.1 Å². The van der Waals surface area contributed by atoms with Crippen molar-refractivity contribution in [1.29, 1.82) is 0 Å². The summed E-state index contributed by atoms with van der Waals surface area (Å²) in [6.07, 6.45) is -6.95. The first-order valence-corrected chi connectivity index (χ1v) is 7.50. The summed E-state index contributed by atoms with van der Waals surface area (Å²) >= 11 is 5.72. The second-order valence-electron chi connectivity index (χ2n) is 5.09. The predicted octanol–water partition coefficient (Wildman–Crippen LogP) is 4.47. The summed E-state index contributed by atoms with van der Waals surface area (Å²) in [7, 11) is 0. The highest BCUT2D eigenvalue weighted by Gasteiger charge is 2.40. The van der Waals surface area contributed by atoms with Crippen molar-refractivity contribution in [2.24, 2.45) is 0 Å². The van der Waals surface area contributed by atoms with Crippen molar-refractivity contribution in [3.63, 3.8) is 0 Å². The topological polar surface area (TPSA) is 38.3 Å². The molecule has 0 aromatic heterocycles. The van der Waals surface area contributed by atoms with Gasteiger partial charge in [0.2, 0.25) is 5.91 Å². The number of carbonyl (C=O) groups is 1. The first-order chi connectivity index (χ1) is 11.3. The third kappa shape index (κ3) is 5.86. The van der Waals surface area contributed by atoms with Gasteiger partial charge in [-0.2, -0.15) is 13.2 Å². The van der Waals surface area contributed by atoms with E-state index in [-0.39, 0.29) is 6.42 Å². The van der Waals surface area contributed by atoms with Gasteiger partial charge in [0.05, 0.1) is 0 Å². The highest BCUT2D eigenvalue weighted by Crippen LogP contribution is 2.26. The average Bonchev–Trinajstić information content (AvgIpc) is 2.53. The Balaban J connectivity index is 1.92. The van der Waals surface area contributed by atoms with Crippen LogP contribution in [0.4, 0.5) is 18.9 Å². The molecule has 0 aliphatic heterocycles. The number of benzene rings is 2. The Labute approximate surface area is 142 Å². The molecule has 1 unspecified atom stereocenters. The highest BCUT2D eigenvalue weighted by atomic mass is 35.5. The molecule has 3 nitrogen and oxygen atoms in total. The summed E-state index contributed by atoms with van der Waals surface area (Å²) < 4.78 is 44.0. The Bertz CT molecular complexity index is 660. The van der Waals surface area contributed by atoms with Crippen LogP contribution in [0.5, 0.6) is 0 Å². The zero-order valence-corrected chi connectivity index (χ0v) is 13.3. The van der Waals surface area contributed by atoms with Crippen LogP contribution in [0.25, 0.3) is 0 Å². The van der Waals surface area contributed by atoms with Gasteiger partial charge in [-0.25, -0.2) is 0 Å². The smallest absolute Gasteiger partial charge is 0.359 e. The molecule has 0 spiro atoms. The summed E-state index contributed by atoms with van der Waals surface area (Å²) in [4.78, 5) is 11.7. The Morgan fingerprint density at radius 1 is 1.08 bits per heavy atom. The van der Waals surface area contributed by atoms with Crippen molar-refractivity contribution in [3.8, 4) is 0 Å². The number of carbonyl (C=O) groups excluding carboxylic acids is 1. The van der Waals surface area contributed by atoms with Crippen molar-refractivity contribution >= 4 is 23.2 Å². The van der Waals surface area contributed by atoms with Gasteiger partial charge in [-0.1, -0.05) is 41.9 Å². The van der Waals surface area contributed by atoms with E-state index in [4.69, 9.17) is 16.3 Å². The largest absolute Gasteiger partial charge is 0.414 e. The summed E-state index contributed by atoms with van der Waals surface area (Å²) in [5, 5.41) is 2.94. The Kier molecular flexibility index (Phi) is 6.23.